The van der Waals surface area contributed by atoms with Gasteiger partial charge in [-0.15, -0.1) is 0 Å². The number of benzene rings is 2. The number of nitrogens with one attached hydrogen (secondary N) is 3. The quantitative estimate of drug-likeness (QED) is 0.165. The molecule has 0 fully saturated rings. The summed E-state index contributed by atoms with van der Waals surface area (Å²) < 4.78 is 0. The van der Waals surface area contributed by atoms with Crippen molar-refractivity contribution in [2.24, 2.45) is 0 Å². The molecule has 0 aliphatic rings. The Morgan fingerprint density at radius 3 is 2.55 bits per heavy atom. The van der Waals surface area contributed by atoms with Crippen molar-refractivity contribution in [3.05, 3.63) is 121 Å². The lowest BCUT2D eigenvalue weighted by molar-refractivity contribution is -0.115. The van der Waals surface area contributed by atoms with Crippen LogP contribution in [0.15, 0.2) is 104 Å². The molecule has 1 amide bonds. The molecule has 0 radical (unpaired) electrons. The van der Waals surface area contributed by atoms with Crippen LogP contribution in [0.4, 0.5) is 11.4 Å². The number of fused-ring (bicyclic) bond motifs is 1. The van der Waals surface area contributed by atoms with E-state index in [0.717, 1.165) is 27.9 Å². The van der Waals surface area contributed by atoms with E-state index in [1.165, 1.54) is 0 Å². The Morgan fingerprint density at radius 2 is 1.73 bits per heavy atom. The molecule has 0 bridgehead atoms. The number of nitrogens with two attached hydrogens (primary N) is 1. The second-order valence-electron chi connectivity index (χ2n) is 9.23. The van der Waals surface area contributed by atoms with Crippen molar-refractivity contribution in [1.82, 2.24) is 24.9 Å². The number of H-pyrrole nitrogens is 1. The van der Waals surface area contributed by atoms with Crippen LogP contribution in [0.2, 0.25) is 0 Å². The smallest absolute Gasteiger partial charge is 0.228 e. The van der Waals surface area contributed by atoms with Gasteiger partial charge in [0.1, 0.15) is 11.2 Å². The number of anilines is 2. The number of pyridine rings is 3. The molecule has 5 N–H and O–H groups in total. The Morgan fingerprint density at radius 1 is 0.900 bits per heavy atom. The van der Waals surface area contributed by atoms with Crippen molar-refractivity contribution in [1.29, 1.82) is 5.41 Å². The van der Waals surface area contributed by atoms with Gasteiger partial charge in [0.2, 0.25) is 5.91 Å². The summed E-state index contributed by atoms with van der Waals surface area (Å²) in [7, 11) is 0. The topological polar surface area (TPSA) is 146 Å². The zero-order valence-electron chi connectivity index (χ0n) is 21.3. The number of carbonyl (C=O) groups excluding carboxylic acids is 1. The van der Waals surface area contributed by atoms with Crippen molar-refractivity contribution in [3.63, 3.8) is 0 Å². The molecule has 0 unspecified atom stereocenters. The highest BCUT2D eigenvalue weighted by Gasteiger charge is 2.17. The molecule has 4 heterocycles. The summed E-state index contributed by atoms with van der Waals surface area (Å²) in [5.74, 6) is 0.235. The van der Waals surface area contributed by atoms with Gasteiger partial charge in [-0.2, -0.15) is 0 Å². The highest BCUT2D eigenvalue weighted by Crippen LogP contribution is 2.29. The maximum atomic E-state index is 12.6. The SMILES string of the molecule is N=C(c1nc2c(-c3ccccn3)cncc2[nH]1)c1cc(-c2cncc(NC(=O)Cc3ccccc3)c2)ccc1N. The van der Waals surface area contributed by atoms with Gasteiger partial charge < -0.3 is 16.0 Å². The van der Waals surface area contributed by atoms with E-state index in [2.05, 4.69) is 25.3 Å². The third-order valence-electron chi connectivity index (χ3n) is 6.46. The number of carbonyl (C=O) groups is 1. The minimum atomic E-state index is -0.130. The van der Waals surface area contributed by atoms with Gasteiger partial charge in [0.05, 0.1) is 35.7 Å². The monoisotopic (exact) mass is 524 g/mol. The van der Waals surface area contributed by atoms with Gasteiger partial charge in [-0.25, -0.2) is 4.98 Å². The van der Waals surface area contributed by atoms with Crippen molar-refractivity contribution >= 4 is 34.0 Å². The molecule has 9 heteroatoms. The number of aromatic amines is 1. The maximum absolute atomic E-state index is 12.6. The zero-order valence-corrected chi connectivity index (χ0v) is 21.3. The Labute approximate surface area is 229 Å². The Kier molecular flexibility index (Phi) is 6.51. The average molecular weight is 525 g/mol. The maximum Gasteiger partial charge on any atom is 0.228 e. The first-order chi connectivity index (χ1) is 19.5. The Hall–Kier alpha value is -5.70. The summed E-state index contributed by atoms with van der Waals surface area (Å²) >= 11 is 0. The molecule has 9 nitrogen and oxygen atoms in total. The van der Waals surface area contributed by atoms with E-state index in [0.29, 0.717) is 33.8 Å². The van der Waals surface area contributed by atoms with E-state index in [-0.39, 0.29) is 18.0 Å². The normalized spacial score (nSPS) is 10.9. The van der Waals surface area contributed by atoms with Gasteiger partial charge in [0, 0.05) is 41.0 Å². The second kappa shape index (κ2) is 10.6. The van der Waals surface area contributed by atoms with Crippen molar-refractivity contribution in [3.8, 4) is 22.4 Å². The molecular weight excluding hydrogens is 500 g/mol. The van der Waals surface area contributed by atoms with Gasteiger partial charge in [0.25, 0.3) is 0 Å². The van der Waals surface area contributed by atoms with Crippen LogP contribution in [-0.2, 0) is 11.2 Å². The Bertz CT molecular complexity index is 1850. The number of amides is 1. The first kappa shape index (κ1) is 24.6. The van der Waals surface area contributed by atoms with Crippen molar-refractivity contribution < 1.29 is 4.79 Å². The van der Waals surface area contributed by atoms with Gasteiger partial charge >= 0.3 is 0 Å². The lowest BCUT2D eigenvalue weighted by Crippen LogP contribution is -2.14. The van der Waals surface area contributed by atoms with Crippen LogP contribution in [0.3, 0.4) is 0 Å². The fraction of sp³-hybridized carbons (Fsp3) is 0.0323. The number of hydrogen-bond acceptors (Lipinski definition) is 7. The third kappa shape index (κ3) is 5.03. The van der Waals surface area contributed by atoms with Crippen molar-refractivity contribution in [2.75, 3.05) is 11.1 Å². The largest absolute Gasteiger partial charge is 0.398 e. The molecule has 2 aromatic carbocycles. The predicted molar refractivity (Wildman–Crippen MR) is 156 cm³/mol. The Balaban J connectivity index is 1.28. The first-order valence-corrected chi connectivity index (χ1v) is 12.6. The number of rotatable bonds is 7. The number of imidazole rings is 1. The molecule has 6 rings (SSSR count). The van der Waals surface area contributed by atoms with E-state index >= 15 is 0 Å². The molecule has 0 atom stereocenters. The van der Waals surface area contributed by atoms with E-state index in [1.54, 1.807) is 37.1 Å². The van der Waals surface area contributed by atoms with Gasteiger partial charge in [-0.05, 0) is 41.5 Å². The minimum absolute atomic E-state index is 0.130. The zero-order chi connectivity index (χ0) is 27.5. The van der Waals surface area contributed by atoms with Crippen LogP contribution in [0.5, 0.6) is 0 Å². The fourth-order valence-electron chi connectivity index (χ4n) is 4.49. The van der Waals surface area contributed by atoms with Gasteiger partial charge in [-0.3, -0.25) is 25.2 Å². The minimum Gasteiger partial charge on any atom is -0.398 e. The van der Waals surface area contributed by atoms with Crippen LogP contribution in [0.1, 0.15) is 17.0 Å². The van der Waals surface area contributed by atoms with Crippen LogP contribution >= 0.6 is 0 Å². The third-order valence-corrected chi connectivity index (χ3v) is 6.46. The fourth-order valence-corrected chi connectivity index (χ4v) is 4.49. The summed E-state index contributed by atoms with van der Waals surface area (Å²) in [6.07, 6.45) is 8.69. The van der Waals surface area contributed by atoms with Crippen LogP contribution in [0.25, 0.3) is 33.4 Å². The van der Waals surface area contributed by atoms with E-state index in [1.807, 2.05) is 66.7 Å². The highest BCUT2D eigenvalue weighted by atomic mass is 16.1. The summed E-state index contributed by atoms with van der Waals surface area (Å²) in [4.78, 5) is 33.5. The second-order valence-corrected chi connectivity index (χ2v) is 9.23. The molecule has 194 valence electrons. The molecule has 0 saturated heterocycles. The molecule has 0 saturated carbocycles. The molecular formula is C31H24N8O. The van der Waals surface area contributed by atoms with Crippen LogP contribution < -0.4 is 11.1 Å². The van der Waals surface area contributed by atoms with E-state index in [4.69, 9.17) is 16.1 Å². The number of nitrogens with zero attached hydrogens (tertiary/aromatic N) is 4. The number of aromatic nitrogens is 5. The standard InChI is InChI=1S/C31H24N8O/c32-25-10-9-20(21-13-22(16-34-15-21)37-28(40)12-19-6-2-1-3-7-19)14-23(25)29(33)31-38-27-18-35-17-24(30(27)39-31)26-8-4-5-11-36-26/h1-11,13-18,33H,12,32H2,(H,37,40)(H,38,39). The molecule has 0 spiro atoms. The average Bonchev–Trinajstić information content (AvgIpc) is 3.43. The molecule has 6 aromatic rings. The van der Waals surface area contributed by atoms with Crippen LogP contribution in [0, 0.1) is 5.41 Å². The predicted octanol–water partition coefficient (Wildman–Crippen LogP) is 5.26. The highest BCUT2D eigenvalue weighted by molar-refractivity contribution is 6.13. The summed E-state index contributed by atoms with van der Waals surface area (Å²) in [5.41, 5.74) is 13.4. The molecule has 0 aliphatic carbocycles. The summed E-state index contributed by atoms with van der Waals surface area (Å²) in [6, 6.07) is 22.5. The number of hydrogen-bond donors (Lipinski definition) is 4. The lowest BCUT2D eigenvalue weighted by Gasteiger charge is -2.11. The lowest BCUT2D eigenvalue weighted by atomic mass is 10.00. The van der Waals surface area contributed by atoms with E-state index < -0.39 is 0 Å². The van der Waals surface area contributed by atoms with Crippen molar-refractivity contribution in [2.45, 2.75) is 6.42 Å². The molecule has 4 aromatic heterocycles. The molecule has 0 aliphatic heterocycles. The van der Waals surface area contributed by atoms with Crippen LogP contribution in [-0.4, -0.2) is 36.5 Å². The first-order valence-electron chi connectivity index (χ1n) is 12.6. The van der Waals surface area contributed by atoms with Gasteiger partial charge in [0.15, 0.2) is 5.82 Å². The van der Waals surface area contributed by atoms with Gasteiger partial charge in [-0.1, -0.05) is 42.5 Å². The summed E-state index contributed by atoms with van der Waals surface area (Å²) in [6.45, 7) is 0. The van der Waals surface area contributed by atoms with E-state index in [9.17, 15) is 4.79 Å². The number of nitrogen functional groups attached to an aromatic ring is 1. The summed E-state index contributed by atoms with van der Waals surface area (Å²) in [5, 5.41) is 11.9. The molecule has 40 heavy (non-hydrogen) atoms.